The second-order valence-electron chi connectivity index (χ2n) is 2.29. The van der Waals surface area contributed by atoms with Crippen molar-refractivity contribution in [2.45, 2.75) is 0 Å². The monoisotopic (exact) mass is 182 g/mol. The number of carboxylic acid groups (broad SMARTS) is 1. The molecule has 2 heterocycles. The fraction of sp³-hybridized carbons (Fsp3) is 0. The van der Waals surface area contributed by atoms with Crippen LogP contribution in [-0.4, -0.2) is 15.4 Å². The predicted octanol–water partition coefficient (Wildman–Crippen LogP) is 0.835. The Morgan fingerprint density at radius 1 is 1.67 bits per heavy atom. The van der Waals surface area contributed by atoms with Crippen LogP contribution in [-0.2, 0) is 4.79 Å². The first-order valence-corrected chi connectivity index (χ1v) is 4.10. The number of aliphatic carboxylic acids is 1. The van der Waals surface area contributed by atoms with Crippen LogP contribution in [0.5, 0.6) is 0 Å². The lowest BCUT2D eigenvalue weighted by atomic mass is 10.1. The number of nitrogens with one attached hydrogen (secondary N) is 1. The number of carbonyl (C=O) groups is 1. The number of hydrogen-bond acceptors (Lipinski definition) is 4. The van der Waals surface area contributed by atoms with E-state index in [1.807, 2.05) is 6.20 Å². The number of fused-ring (bicyclic) bond motifs is 1. The Morgan fingerprint density at radius 3 is 3.25 bits per heavy atom. The second-order valence-corrected chi connectivity index (χ2v) is 3.10. The molecule has 4 nitrogen and oxygen atoms in total. The van der Waals surface area contributed by atoms with Gasteiger partial charge in [-0.3, -0.25) is 4.31 Å². The van der Waals surface area contributed by atoms with Gasteiger partial charge in [-0.1, -0.05) is 0 Å². The first kappa shape index (κ1) is 7.30. The lowest BCUT2D eigenvalue weighted by Crippen LogP contribution is -2.14. The van der Waals surface area contributed by atoms with Crippen LogP contribution < -0.4 is 4.72 Å². The summed E-state index contributed by atoms with van der Waals surface area (Å²) in [5.74, 6) is -0.903. The largest absolute Gasteiger partial charge is 0.478 e. The molecule has 0 bridgehead atoms. The highest BCUT2D eigenvalue weighted by Crippen LogP contribution is 2.29. The first-order chi connectivity index (χ1) is 5.79. The van der Waals surface area contributed by atoms with Gasteiger partial charge in [0.15, 0.2) is 0 Å². The fourth-order valence-corrected chi connectivity index (χ4v) is 1.70. The summed E-state index contributed by atoms with van der Waals surface area (Å²) in [6, 6.07) is 0. The third-order valence-electron chi connectivity index (χ3n) is 1.57. The van der Waals surface area contributed by atoms with Crippen molar-refractivity contribution in [2.75, 3.05) is 0 Å². The molecule has 0 saturated carbocycles. The van der Waals surface area contributed by atoms with Crippen molar-refractivity contribution in [3.05, 3.63) is 35.8 Å². The third-order valence-corrected chi connectivity index (χ3v) is 2.31. The van der Waals surface area contributed by atoms with Gasteiger partial charge in [-0.15, -0.1) is 0 Å². The predicted molar refractivity (Wildman–Crippen MR) is 45.5 cm³/mol. The highest BCUT2D eigenvalue weighted by atomic mass is 32.2. The van der Waals surface area contributed by atoms with Gasteiger partial charge < -0.3 is 9.83 Å². The SMILES string of the molecule is O=C(O)C1=CC=CN2SNC=C12. The summed E-state index contributed by atoms with van der Waals surface area (Å²) in [4.78, 5) is 10.7. The average Bonchev–Trinajstić information content (AvgIpc) is 2.49. The zero-order chi connectivity index (χ0) is 8.55. The van der Waals surface area contributed by atoms with Crippen molar-refractivity contribution in [1.82, 2.24) is 9.03 Å². The summed E-state index contributed by atoms with van der Waals surface area (Å²) in [6.45, 7) is 0. The maximum absolute atomic E-state index is 10.7. The normalized spacial score (nSPS) is 19.5. The summed E-state index contributed by atoms with van der Waals surface area (Å²) in [5, 5.41) is 8.78. The van der Waals surface area contributed by atoms with Crippen LogP contribution >= 0.6 is 12.1 Å². The number of rotatable bonds is 1. The minimum absolute atomic E-state index is 0.315. The molecular weight excluding hydrogens is 176 g/mol. The van der Waals surface area contributed by atoms with Gasteiger partial charge in [0, 0.05) is 12.4 Å². The van der Waals surface area contributed by atoms with E-state index in [0.717, 1.165) is 0 Å². The van der Waals surface area contributed by atoms with Crippen LogP contribution in [0.25, 0.3) is 0 Å². The van der Waals surface area contributed by atoms with Crippen LogP contribution in [0.2, 0.25) is 0 Å². The molecule has 2 aliphatic heterocycles. The molecule has 0 amide bonds. The first-order valence-electron chi connectivity index (χ1n) is 3.33. The van der Waals surface area contributed by atoms with Crippen LogP contribution in [0, 0.1) is 0 Å². The second kappa shape index (κ2) is 2.60. The van der Waals surface area contributed by atoms with E-state index in [1.54, 1.807) is 22.7 Å². The van der Waals surface area contributed by atoms with Gasteiger partial charge in [-0.25, -0.2) is 4.79 Å². The van der Waals surface area contributed by atoms with Gasteiger partial charge in [0.1, 0.15) is 0 Å². The zero-order valence-electron chi connectivity index (χ0n) is 6.02. The standard InChI is InChI=1S/C7H6N2O2S/c10-7(11)5-2-1-3-9-6(5)4-8-12-9/h1-4,8H,(H,10,11). The Balaban J connectivity index is 2.38. The molecule has 12 heavy (non-hydrogen) atoms. The summed E-state index contributed by atoms with van der Waals surface area (Å²) in [5.41, 5.74) is 1.00. The third kappa shape index (κ3) is 0.984. The minimum atomic E-state index is -0.903. The van der Waals surface area contributed by atoms with Crippen molar-refractivity contribution in [3.8, 4) is 0 Å². The molecule has 62 valence electrons. The summed E-state index contributed by atoms with van der Waals surface area (Å²) >= 11 is 1.35. The Labute approximate surface area is 73.5 Å². The molecule has 0 unspecified atom stereocenters. The van der Waals surface area contributed by atoms with E-state index in [-0.39, 0.29) is 0 Å². The molecule has 0 radical (unpaired) electrons. The fourth-order valence-electron chi connectivity index (χ4n) is 1.04. The van der Waals surface area contributed by atoms with E-state index in [1.165, 1.54) is 12.1 Å². The molecule has 0 saturated heterocycles. The van der Waals surface area contributed by atoms with Gasteiger partial charge in [-0.05, 0) is 12.2 Å². The van der Waals surface area contributed by atoms with Crippen molar-refractivity contribution >= 4 is 18.1 Å². The van der Waals surface area contributed by atoms with E-state index >= 15 is 0 Å². The molecule has 0 atom stereocenters. The molecule has 0 aromatic carbocycles. The Kier molecular flexibility index (Phi) is 1.58. The summed E-state index contributed by atoms with van der Waals surface area (Å²) < 4.78 is 4.64. The highest BCUT2D eigenvalue weighted by molar-refractivity contribution is 7.95. The zero-order valence-corrected chi connectivity index (χ0v) is 6.84. The van der Waals surface area contributed by atoms with Gasteiger partial charge >= 0.3 is 5.97 Å². The molecule has 2 aliphatic rings. The van der Waals surface area contributed by atoms with Crippen molar-refractivity contribution in [2.24, 2.45) is 0 Å². The molecule has 2 rings (SSSR count). The summed E-state index contributed by atoms with van der Waals surface area (Å²) in [7, 11) is 0. The van der Waals surface area contributed by atoms with Crippen LogP contribution in [0.4, 0.5) is 0 Å². The quantitative estimate of drug-likeness (QED) is 0.588. The summed E-state index contributed by atoms with van der Waals surface area (Å²) in [6.07, 6.45) is 6.77. The topological polar surface area (TPSA) is 52.6 Å². The van der Waals surface area contributed by atoms with Gasteiger partial charge in [0.05, 0.1) is 23.4 Å². The van der Waals surface area contributed by atoms with E-state index in [4.69, 9.17) is 5.11 Å². The van der Waals surface area contributed by atoms with Crippen LogP contribution in [0.3, 0.4) is 0 Å². The minimum Gasteiger partial charge on any atom is -0.478 e. The highest BCUT2D eigenvalue weighted by Gasteiger charge is 2.24. The lowest BCUT2D eigenvalue weighted by molar-refractivity contribution is -0.132. The molecule has 5 heteroatoms. The van der Waals surface area contributed by atoms with Gasteiger partial charge in [-0.2, -0.15) is 0 Å². The number of allylic oxidation sites excluding steroid dienone is 2. The maximum atomic E-state index is 10.7. The van der Waals surface area contributed by atoms with Crippen molar-refractivity contribution in [3.63, 3.8) is 0 Å². The smallest absolute Gasteiger partial charge is 0.337 e. The van der Waals surface area contributed by atoms with E-state index in [2.05, 4.69) is 4.72 Å². The maximum Gasteiger partial charge on any atom is 0.337 e. The van der Waals surface area contributed by atoms with E-state index in [9.17, 15) is 4.79 Å². The number of carboxylic acids is 1. The Bertz CT molecular complexity index is 319. The van der Waals surface area contributed by atoms with Gasteiger partial charge in [0.2, 0.25) is 0 Å². The molecule has 0 aliphatic carbocycles. The van der Waals surface area contributed by atoms with E-state index < -0.39 is 5.97 Å². The molecule has 0 aromatic rings. The Morgan fingerprint density at radius 2 is 2.50 bits per heavy atom. The average molecular weight is 182 g/mol. The molecule has 2 N–H and O–H groups in total. The van der Waals surface area contributed by atoms with Crippen molar-refractivity contribution in [1.29, 1.82) is 0 Å². The molecular formula is C7H6N2O2S. The lowest BCUT2D eigenvalue weighted by Gasteiger charge is -2.17. The van der Waals surface area contributed by atoms with Crippen LogP contribution in [0.15, 0.2) is 35.8 Å². The molecule has 0 fully saturated rings. The molecule has 0 spiro atoms. The van der Waals surface area contributed by atoms with E-state index in [0.29, 0.717) is 11.3 Å². The van der Waals surface area contributed by atoms with Gasteiger partial charge in [0.25, 0.3) is 0 Å². The van der Waals surface area contributed by atoms with Crippen molar-refractivity contribution < 1.29 is 9.90 Å². The van der Waals surface area contributed by atoms with Crippen LogP contribution in [0.1, 0.15) is 0 Å². The number of hydrogen-bond donors (Lipinski definition) is 2. The Hall–Kier alpha value is -1.36. The number of nitrogens with zero attached hydrogens (tertiary/aromatic N) is 1. The molecule has 0 aromatic heterocycles.